The van der Waals surface area contributed by atoms with Gasteiger partial charge in [-0.2, -0.15) is 0 Å². The first-order valence-electron chi connectivity index (χ1n) is 7.31. The summed E-state index contributed by atoms with van der Waals surface area (Å²) in [5.41, 5.74) is 3.50. The maximum absolute atomic E-state index is 11.8. The van der Waals surface area contributed by atoms with Crippen molar-refractivity contribution in [2.75, 3.05) is 13.1 Å². The third-order valence-corrected chi connectivity index (χ3v) is 4.18. The van der Waals surface area contributed by atoms with Crippen LogP contribution in [0.2, 0.25) is 0 Å². The molecule has 8 heteroatoms. The quantitative estimate of drug-likeness (QED) is 0.674. The number of urea groups is 1. The normalized spacial score (nSPS) is 10.3. The van der Waals surface area contributed by atoms with Gasteiger partial charge in [0.2, 0.25) is 0 Å². The van der Waals surface area contributed by atoms with Crippen LogP contribution in [0.5, 0.6) is 0 Å². The van der Waals surface area contributed by atoms with Crippen molar-refractivity contribution in [2.45, 2.75) is 26.8 Å². The molecule has 0 aliphatic rings. The van der Waals surface area contributed by atoms with Gasteiger partial charge in [0.15, 0.2) is 5.76 Å². The maximum atomic E-state index is 11.8. The topological polar surface area (TPSA) is 96.3 Å². The molecule has 2 rings (SSSR count). The second-order valence-electron chi connectivity index (χ2n) is 5.01. The molecular formula is C15H20N4O3S. The number of carbonyl (C=O) groups is 2. The van der Waals surface area contributed by atoms with Crippen LogP contribution < -0.4 is 16.0 Å². The van der Waals surface area contributed by atoms with E-state index in [4.69, 9.17) is 4.42 Å². The summed E-state index contributed by atoms with van der Waals surface area (Å²) in [6.45, 7) is 5.14. The third-order valence-electron chi connectivity index (χ3n) is 3.25. The summed E-state index contributed by atoms with van der Waals surface area (Å²) in [6.07, 6.45) is 2.12. The van der Waals surface area contributed by atoms with E-state index in [2.05, 4.69) is 20.9 Å². The molecule has 0 unspecified atom stereocenters. The fraction of sp³-hybridized carbons (Fsp3) is 0.400. The van der Waals surface area contributed by atoms with Crippen LogP contribution in [-0.2, 0) is 6.54 Å². The molecule has 3 N–H and O–H groups in total. The highest BCUT2D eigenvalue weighted by Gasteiger charge is 2.11. The number of nitrogens with one attached hydrogen (secondary N) is 3. The number of aryl methyl sites for hydroxylation is 2. The molecule has 0 atom stereocenters. The Labute approximate surface area is 138 Å². The van der Waals surface area contributed by atoms with Crippen LogP contribution in [0.1, 0.15) is 33.1 Å². The second kappa shape index (κ2) is 8.33. The summed E-state index contributed by atoms with van der Waals surface area (Å²) in [4.78, 5) is 28.6. The highest BCUT2D eigenvalue weighted by molar-refractivity contribution is 7.09. The molecule has 0 spiro atoms. The van der Waals surface area contributed by atoms with Gasteiger partial charge in [0.05, 0.1) is 24.0 Å². The van der Waals surface area contributed by atoms with Gasteiger partial charge in [-0.25, -0.2) is 9.78 Å². The number of rotatable bonds is 7. The number of thiazole rings is 1. The lowest BCUT2D eigenvalue weighted by molar-refractivity contribution is 0.0925. The largest absolute Gasteiger partial charge is 0.459 e. The maximum Gasteiger partial charge on any atom is 0.315 e. The van der Waals surface area contributed by atoms with E-state index in [1.54, 1.807) is 11.6 Å². The van der Waals surface area contributed by atoms with E-state index in [0.717, 1.165) is 16.1 Å². The SMILES string of the molecule is Cc1ccoc1C(=O)NCCCNC(=O)NCc1scnc1C. The van der Waals surface area contributed by atoms with Crippen molar-refractivity contribution in [3.8, 4) is 0 Å². The van der Waals surface area contributed by atoms with Crippen LogP contribution in [0.3, 0.4) is 0 Å². The summed E-state index contributed by atoms with van der Waals surface area (Å²) in [6, 6.07) is 1.51. The number of carbonyl (C=O) groups excluding carboxylic acids is 2. The first-order valence-corrected chi connectivity index (χ1v) is 8.19. The van der Waals surface area contributed by atoms with Crippen molar-refractivity contribution in [3.05, 3.63) is 39.7 Å². The molecule has 124 valence electrons. The predicted octanol–water partition coefficient (Wildman–Crippen LogP) is 1.97. The first kappa shape index (κ1) is 17.0. The Bertz CT molecular complexity index is 665. The zero-order chi connectivity index (χ0) is 16.7. The van der Waals surface area contributed by atoms with E-state index < -0.39 is 0 Å². The van der Waals surface area contributed by atoms with Gasteiger partial charge in [0, 0.05) is 23.5 Å². The van der Waals surface area contributed by atoms with Crippen LogP contribution in [0.15, 0.2) is 22.3 Å². The molecule has 2 aromatic rings. The van der Waals surface area contributed by atoms with Crippen LogP contribution in [0.25, 0.3) is 0 Å². The average molecular weight is 336 g/mol. The van der Waals surface area contributed by atoms with E-state index in [1.807, 2.05) is 13.8 Å². The second-order valence-corrected chi connectivity index (χ2v) is 5.95. The molecular weight excluding hydrogens is 316 g/mol. The molecule has 7 nitrogen and oxygen atoms in total. The Morgan fingerprint density at radius 3 is 2.65 bits per heavy atom. The van der Waals surface area contributed by atoms with E-state index in [-0.39, 0.29) is 11.9 Å². The van der Waals surface area contributed by atoms with Crippen LogP contribution in [0, 0.1) is 13.8 Å². The van der Waals surface area contributed by atoms with Gasteiger partial charge in [0.25, 0.3) is 5.91 Å². The van der Waals surface area contributed by atoms with Crippen molar-refractivity contribution < 1.29 is 14.0 Å². The molecule has 0 aliphatic carbocycles. The lowest BCUT2D eigenvalue weighted by atomic mass is 10.2. The Hall–Kier alpha value is -2.35. The predicted molar refractivity (Wildman–Crippen MR) is 87.5 cm³/mol. The number of hydrogen-bond acceptors (Lipinski definition) is 5. The summed E-state index contributed by atoms with van der Waals surface area (Å²) in [5.74, 6) is 0.0910. The minimum absolute atomic E-state index is 0.231. The summed E-state index contributed by atoms with van der Waals surface area (Å²) >= 11 is 1.52. The van der Waals surface area contributed by atoms with Crippen molar-refractivity contribution in [1.29, 1.82) is 0 Å². The van der Waals surface area contributed by atoms with Gasteiger partial charge in [-0.1, -0.05) is 0 Å². The molecule has 0 bridgehead atoms. The van der Waals surface area contributed by atoms with Crippen molar-refractivity contribution in [1.82, 2.24) is 20.9 Å². The van der Waals surface area contributed by atoms with Gasteiger partial charge >= 0.3 is 6.03 Å². The van der Waals surface area contributed by atoms with Gasteiger partial charge < -0.3 is 20.4 Å². The van der Waals surface area contributed by atoms with Gasteiger partial charge in [-0.05, 0) is 26.3 Å². The molecule has 3 amide bonds. The number of nitrogens with zero attached hydrogens (tertiary/aromatic N) is 1. The number of aromatic nitrogens is 1. The Balaban J connectivity index is 1.57. The monoisotopic (exact) mass is 336 g/mol. The van der Waals surface area contributed by atoms with E-state index >= 15 is 0 Å². The van der Waals surface area contributed by atoms with E-state index in [0.29, 0.717) is 31.8 Å². The smallest absolute Gasteiger partial charge is 0.315 e. The zero-order valence-corrected chi connectivity index (χ0v) is 14.0. The lowest BCUT2D eigenvalue weighted by Crippen LogP contribution is -2.36. The van der Waals surface area contributed by atoms with Gasteiger partial charge in [0.1, 0.15) is 0 Å². The molecule has 0 aromatic carbocycles. The zero-order valence-electron chi connectivity index (χ0n) is 13.1. The third kappa shape index (κ3) is 5.10. The van der Waals surface area contributed by atoms with E-state index in [9.17, 15) is 9.59 Å². The lowest BCUT2D eigenvalue weighted by Gasteiger charge is -2.07. The minimum Gasteiger partial charge on any atom is -0.459 e. The molecule has 0 radical (unpaired) electrons. The Morgan fingerprint density at radius 2 is 2.00 bits per heavy atom. The molecule has 2 aromatic heterocycles. The van der Waals surface area contributed by atoms with Crippen LogP contribution >= 0.6 is 11.3 Å². The summed E-state index contributed by atoms with van der Waals surface area (Å²) in [5, 5.41) is 8.27. The van der Waals surface area contributed by atoms with Crippen molar-refractivity contribution in [2.24, 2.45) is 0 Å². The molecule has 23 heavy (non-hydrogen) atoms. The van der Waals surface area contributed by atoms with Crippen LogP contribution in [0.4, 0.5) is 4.79 Å². The fourth-order valence-electron chi connectivity index (χ4n) is 1.90. The Morgan fingerprint density at radius 1 is 1.22 bits per heavy atom. The number of hydrogen-bond donors (Lipinski definition) is 3. The highest BCUT2D eigenvalue weighted by Crippen LogP contribution is 2.11. The molecule has 0 saturated carbocycles. The fourth-order valence-corrected chi connectivity index (χ4v) is 2.61. The molecule has 0 fully saturated rings. The number of furan rings is 1. The van der Waals surface area contributed by atoms with Crippen LogP contribution in [-0.4, -0.2) is 30.0 Å². The molecule has 0 aliphatic heterocycles. The minimum atomic E-state index is -0.238. The molecule has 2 heterocycles. The van der Waals surface area contributed by atoms with Gasteiger partial charge in [-0.3, -0.25) is 4.79 Å². The number of amides is 3. The van der Waals surface area contributed by atoms with Crippen molar-refractivity contribution >= 4 is 23.3 Å². The van der Waals surface area contributed by atoms with E-state index in [1.165, 1.54) is 17.6 Å². The highest BCUT2D eigenvalue weighted by atomic mass is 32.1. The van der Waals surface area contributed by atoms with Crippen molar-refractivity contribution in [3.63, 3.8) is 0 Å². The Kier molecular flexibility index (Phi) is 6.16. The van der Waals surface area contributed by atoms with Gasteiger partial charge in [-0.15, -0.1) is 11.3 Å². The first-order chi connectivity index (χ1) is 11.1. The molecule has 0 saturated heterocycles. The standard InChI is InChI=1S/C15H20N4O3S/c1-10-4-7-22-13(10)14(20)16-5-3-6-17-15(21)18-8-12-11(2)19-9-23-12/h4,7,9H,3,5-6,8H2,1-2H3,(H,16,20)(H2,17,18,21). The summed E-state index contributed by atoms with van der Waals surface area (Å²) < 4.78 is 5.10. The summed E-state index contributed by atoms with van der Waals surface area (Å²) in [7, 11) is 0. The average Bonchev–Trinajstić information content (AvgIpc) is 3.13.